The lowest BCUT2D eigenvalue weighted by molar-refractivity contribution is 0.0389. The number of ether oxygens (including phenoxy) is 1. The van der Waals surface area contributed by atoms with Gasteiger partial charge in [0.25, 0.3) is 0 Å². The largest absolute Gasteiger partial charge is 0.456 e. The van der Waals surface area contributed by atoms with E-state index >= 15 is 0 Å². The first-order valence-corrected chi connectivity index (χ1v) is 7.41. The van der Waals surface area contributed by atoms with Crippen molar-refractivity contribution in [3.05, 3.63) is 35.4 Å². The van der Waals surface area contributed by atoms with Crippen molar-refractivity contribution in [1.82, 2.24) is 0 Å². The molecule has 100 valence electrons. The highest BCUT2D eigenvalue weighted by molar-refractivity contribution is 7.89. The molecule has 0 aromatic heterocycles. The van der Waals surface area contributed by atoms with E-state index in [1.165, 1.54) is 0 Å². The van der Waals surface area contributed by atoms with E-state index < -0.39 is 27.8 Å². The molecule has 0 bridgehead atoms. The Bertz CT molecular complexity index is 512. The third-order valence-corrected chi connectivity index (χ3v) is 3.33. The second-order valence-corrected chi connectivity index (χ2v) is 5.84. The predicted octanol–water partition coefficient (Wildman–Crippen LogP) is 1.05. The third kappa shape index (κ3) is 5.03. The molecule has 0 aliphatic rings. The number of benzene rings is 1. The quantitative estimate of drug-likeness (QED) is 0.649. The molecule has 18 heavy (non-hydrogen) atoms. The molecular formula is C11H14ClNO4S. The summed E-state index contributed by atoms with van der Waals surface area (Å²) in [6.45, 7) is 1.89. The third-order valence-electron chi connectivity index (χ3n) is 2.15. The smallest absolute Gasteiger partial charge is 0.338 e. The standard InChI is InChI=1S/C11H14ClNO4S/c1-8-2-4-9(5-3-8)11(14)17-10(6-12)7-18(13,15)16/h2-5,10H,6-7H2,1H3,(H2,13,15,16). The van der Waals surface area contributed by atoms with Gasteiger partial charge in [-0.2, -0.15) is 0 Å². The van der Waals surface area contributed by atoms with Crippen LogP contribution in [0.4, 0.5) is 0 Å². The van der Waals surface area contributed by atoms with Crippen LogP contribution in [-0.2, 0) is 14.8 Å². The Balaban J connectivity index is 2.70. The molecule has 0 radical (unpaired) electrons. The normalized spacial score (nSPS) is 13.1. The van der Waals surface area contributed by atoms with Crippen molar-refractivity contribution in [2.45, 2.75) is 13.0 Å². The van der Waals surface area contributed by atoms with Gasteiger partial charge in [-0.25, -0.2) is 18.4 Å². The summed E-state index contributed by atoms with van der Waals surface area (Å²) in [5, 5.41) is 4.87. The maximum atomic E-state index is 11.7. The molecule has 0 spiro atoms. The van der Waals surface area contributed by atoms with Crippen LogP contribution in [0.3, 0.4) is 0 Å². The zero-order valence-corrected chi connectivity index (χ0v) is 11.4. The Hall–Kier alpha value is -1.11. The van der Waals surface area contributed by atoms with Gasteiger partial charge in [0, 0.05) is 0 Å². The molecule has 0 fully saturated rings. The van der Waals surface area contributed by atoms with E-state index in [0.717, 1.165) is 5.56 Å². The van der Waals surface area contributed by atoms with Crippen LogP contribution in [-0.4, -0.2) is 32.1 Å². The van der Waals surface area contributed by atoms with E-state index in [0.29, 0.717) is 5.56 Å². The average Bonchev–Trinajstić information content (AvgIpc) is 2.27. The van der Waals surface area contributed by atoms with Crippen LogP contribution < -0.4 is 5.14 Å². The van der Waals surface area contributed by atoms with Gasteiger partial charge in [-0.15, -0.1) is 11.6 Å². The minimum absolute atomic E-state index is 0.131. The molecule has 2 N–H and O–H groups in total. The minimum atomic E-state index is -3.73. The van der Waals surface area contributed by atoms with Crippen molar-refractivity contribution in [1.29, 1.82) is 0 Å². The van der Waals surface area contributed by atoms with Crippen LogP contribution in [0.15, 0.2) is 24.3 Å². The number of sulfonamides is 1. The van der Waals surface area contributed by atoms with Crippen molar-refractivity contribution >= 4 is 27.6 Å². The first-order chi connectivity index (χ1) is 8.31. The molecule has 1 rings (SSSR count). The molecule has 0 aliphatic carbocycles. The first-order valence-electron chi connectivity index (χ1n) is 5.16. The van der Waals surface area contributed by atoms with Gasteiger partial charge in [-0.05, 0) is 19.1 Å². The summed E-state index contributed by atoms with van der Waals surface area (Å²) < 4.78 is 26.8. The molecule has 1 atom stereocenters. The number of hydrogen-bond acceptors (Lipinski definition) is 4. The minimum Gasteiger partial charge on any atom is -0.456 e. The van der Waals surface area contributed by atoms with Crippen LogP contribution in [0.5, 0.6) is 0 Å². The van der Waals surface area contributed by atoms with Gasteiger partial charge < -0.3 is 4.74 Å². The number of primary sulfonamides is 1. The van der Waals surface area contributed by atoms with E-state index in [4.69, 9.17) is 21.5 Å². The fourth-order valence-electron chi connectivity index (χ4n) is 1.28. The van der Waals surface area contributed by atoms with Crippen molar-refractivity contribution < 1.29 is 17.9 Å². The SMILES string of the molecule is Cc1ccc(C(=O)OC(CCl)CS(N)(=O)=O)cc1. The second-order valence-electron chi connectivity index (χ2n) is 3.88. The zero-order valence-electron chi connectivity index (χ0n) is 9.80. The Labute approximate surface area is 111 Å². The summed E-state index contributed by atoms with van der Waals surface area (Å²) in [5.41, 5.74) is 1.34. The molecule has 0 amide bonds. The van der Waals surface area contributed by atoms with Crippen LogP contribution >= 0.6 is 11.6 Å². The zero-order chi connectivity index (χ0) is 13.8. The highest BCUT2D eigenvalue weighted by Crippen LogP contribution is 2.08. The summed E-state index contributed by atoms with van der Waals surface area (Å²) in [6.07, 6.45) is -0.949. The maximum Gasteiger partial charge on any atom is 0.338 e. The number of nitrogens with two attached hydrogens (primary N) is 1. The van der Waals surface area contributed by atoms with Crippen molar-refractivity contribution in [3.8, 4) is 0 Å². The van der Waals surface area contributed by atoms with E-state index in [2.05, 4.69) is 0 Å². The van der Waals surface area contributed by atoms with Gasteiger partial charge in [0.1, 0.15) is 11.9 Å². The highest BCUT2D eigenvalue weighted by Gasteiger charge is 2.20. The summed E-state index contributed by atoms with van der Waals surface area (Å²) in [6, 6.07) is 6.71. The predicted molar refractivity (Wildman–Crippen MR) is 69.1 cm³/mol. The van der Waals surface area contributed by atoms with Crippen LogP contribution in [0.1, 0.15) is 15.9 Å². The van der Waals surface area contributed by atoms with E-state index in [-0.39, 0.29) is 5.88 Å². The molecule has 5 nitrogen and oxygen atoms in total. The summed E-state index contributed by atoms with van der Waals surface area (Å²) in [5.74, 6) is -1.24. The van der Waals surface area contributed by atoms with E-state index in [1.54, 1.807) is 24.3 Å². The molecule has 1 unspecified atom stereocenters. The number of hydrogen-bond donors (Lipinski definition) is 1. The van der Waals surface area contributed by atoms with Crippen LogP contribution in [0, 0.1) is 6.92 Å². The van der Waals surface area contributed by atoms with Gasteiger partial charge >= 0.3 is 5.97 Å². The molecule has 1 aromatic rings. The topological polar surface area (TPSA) is 86.5 Å². The fourth-order valence-corrected chi connectivity index (χ4v) is 2.28. The number of aryl methyl sites for hydroxylation is 1. The van der Waals surface area contributed by atoms with Crippen molar-refractivity contribution in [2.75, 3.05) is 11.6 Å². The lowest BCUT2D eigenvalue weighted by Crippen LogP contribution is -2.32. The number of halogens is 1. The van der Waals surface area contributed by atoms with E-state index in [1.807, 2.05) is 6.92 Å². The monoisotopic (exact) mass is 291 g/mol. The molecule has 0 aliphatic heterocycles. The Morgan fingerprint density at radius 2 is 1.94 bits per heavy atom. The van der Waals surface area contributed by atoms with E-state index in [9.17, 15) is 13.2 Å². The number of carbonyl (C=O) groups excluding carboxylic acids is 1. The van der Waals surface area contributed by atoms with Gasteiger partial charge in [-0.1, -0.05) is 17.7 Å². The van der Waals surface area contributed by atoms with Crippen LogP contribution in [0.25, 0.3) is 0 Å². The number of rotatable bonds is 5. The summed E-state index contributed by atoms with van der Waals surface area (Å²) >= 11 is 5.53. The Morgan fingerprint density at radius 3 is 2.39 bits per heavy atom. The lowest BCUT2D eigenvalue weighted by Gasteiger charge is -2.14. The molecule has 0 heterocycles. The van der Waals surface area contributed by atoms with Gasteiger partial charge in [0.15, 0.2) is 0 Å². The average molecular weight is 292 g/mol. The number of carbonyl (C=O) groups is 1. The molecule has 0 saturated heterocycles. The first kappa shape index (κ1) is 14.9. The van der Waals surface area contributed by atoms with Gasteiger partial charge in [0.2, 0.25) is 10.0 Å². The summed E-state index contributed by atoms with van der Waals surface area (Å²) in [7, 11) is -3.73. The Kier molecular flexibility index (Phi) is 5.13. The van der Waals surface area contributed by atoms with Crippen molar-refractivity contribution in [2.24, 2.45) is 5.14 Å². The maximum absolute atomic E-state index is 11.7. The molecule has 7 heteroatoms. The fraction of sp³-hybridized carbons (Fsp3) is 0.364. The summed E-state index contributed by atoms with van der Waals surface area (Å²) in [4.78, 5) is 11.7. The second kappa shape index (κ2) is 6.17. The molecule has 0 saturated carbocycles. The van der Waals surface area contributed by atoms with Crippen LogP contribution in [0.2, 0.25) is 0 Å². The van der Waals surface area contributed by atoms with Gasteiger partial charge in [0.05, 0.1) is 11.4 Å². The van der Waals surface area contributed by atoms with Gasteiger partial charge in [-0.3, -0.25) is 0 Å². The lowest BCUT2D eigenvalue weighted by atomic mass is 10.1. The highest BCUT2D eigenvalue weighted by atomic mass is 35.5. The Morgan fingerprint density at radius 1 is 1.39 bits per heavy atom. The van der Waals surface area contributed by atoms with Crippen molar-refractivity contribution in [3.63, 3.8) is 0 Å². The molecule has 1 aromatic carbocycles. The molecular weight excluding hydrogens is 278 g/mol. The number of esters is 1. The number of alkyl halides is 1.